The number of aromatic nitrogens is 1. The molecule has 3 rings (SSSR count). The average Bonchev–Trinajstić information content (AvgIpc) is 3.05. The van der Waals surface area contributed by atoms with Crippen molar-refractivity contribution in [3.05, 3.63) is 59.2 Å². The van der Waals surface area contributed by atoms with Gasteiger partial charge in [0.2, 0.25) is 0 Å². The van der Waals surface area contributed by atoms with Gasteiger partial charge in [0, 0.05) is 11.7 Å². The van der Waals surface area contributed by atoms with Crippen LogP contribution in [0.2, 0.25) is 0 Å². The highest BCUT2D eigenvalue weighted by Gasteiger charge is 2.23. The standard InChI is InChI=1S/C22H21N3OS2/c1-4-15-5-7-16(8-6-15)11-17(13-23)21(26)25(14(2)3)18-9-10-19-20(12-18)28-22(27)24-19/h5-12,14H,4H2,1-3H3,(H,24,27). The van der Waals surface area contributed by atoms with Gasteiger partial charge in [0.05, 0.1) is 10.2 Å². The number of nitrogens with zero attached hydrogens (tertiary/aromatic N) is 3. The molecule has 1 amide bonds. The molecular formula is C22H21N3OS2. The molecule has 0 aliphatic heterocycles. The fourth-order valence-corrected chi connectivity index (χ4v) is 4.13. The molecule has 0 spiro atoms. The normalized spacial score (nSPS) is 11.6. The van der Waals surface area contributed by atoms with Crippen molar-refractivity contribution in [3.8, 4) is 6.07 Å². The van der Waals surface area contributed by atoms with Gasteiger partial charge < -0.3 is 4.90 Å². The molecule has 0 bridgehead atoms. The molecule has 0 atom stereocenters. The van der Waals surface area contributed by atoms with Crippen molar-refractivity contribution in [1.82, 2.24) is 4.98 Å². The number of carbonyl (C=O) groups is 1. The van der Waals surface area contributed by atoms with E-state index >= 15 is 0 Å². The van der Waals surface area contributed by atoms with Gasteiger partial charge in [0.1, 0.15) is 16.0 Å². The molecule has 6 heteroatoms. The second kappa shape index (κ2) is 8.59. The Hall–Kier alpha value is -2.62. The second-order valence-corrected chi connectivity index (χ2v) is 8.44. The third-order valence-electron chi connectivity index (χ3n) is 4.42. The summed E-state index contributed by atoms with van der Waals surface area (Å²) in [6.07, 6.45) is 2.59. The smallest absolute Gasteiger partial charge is 0.269 e. The zero-order chi connectivity index (χ0) is 20.3. The quantitative estimate of drug-likeness (QED) is 0.345. The second-order valence-electron chi connectivity index (χ2n) is 6.68. The van der Waals surface area contributed by atoms with Crippen molar-refractivity contribution < 1.29 is 4.79 Å². The highest BCUT2D eigenvalue weighted by Crippen LogP contribution is 2.30. The number of amides is 1. The highest BCUT2D eigenvalue weighted by molar-refractivity contribution is 7.82. The van der Waals surface area contributed by atoms with Crippen LogP contribution in [0.15, 0.2) is 52.4 Å². The number of benzene rings is 2. The van der Waals surface area contributed by atoms with E-state index in [1.807, 2.05) is 56.3 Å². The summed E-state index contributed by atoms with van der Waals surface area (Å²) < 4.78 is 1.64. The number of hydrogen-bond donors (Lipinski definition) is 1. The maximum absolute atomic E-state index is 13.2. The summed E-state index contributed by atoms with van der Waals surface area (Å²) in [7, 11) is 0. The Morgan fingerprint density at radius 3 is 2.61 bits per heavy atom. The predicted octanol–water partition coefficient (Wildman–Crippen LogP) is 5.50. The van der Waals surface area contributed by atoms with E-state index in [-0.39, 0.29) is 17.5 Å². The molecule has 0 saturated heterocycles. The van der Waals surface area contributed by atoms with E-state index in [2.05, 4.69) is 30.6 Å². The van der Waals surface area contributed by atoms with Crippen molar-refractivity contribution in [2.24, 2.45) is 0 Å². The topological polar surface area (TPSA) is 57.0 Å². The van der Waals surface area contributed by atoms with Gasteiger partial charge in [0.25, 0.3) is 5.91 Å². The maximum atomic E-state index is 13.2. The lowest BCUT2D eigenvalue weighted by molar-refractivity contribution is -0.115. The minimum absolute atomic E-state index is 0.104. The highest BCUT2D eigenvalue weighted by atomic mass is 32.2. The van der Waals surface area contributed by atoms with Crippen molar-refractivity contribution in [1.29, 1.82) is 5.26 Å². The molecule has 28 heavy (non-hydrogen) atoms. The summed E-state index contributed by atoms with van der Waals surface area (Å²) in [5.74, 6) is -0.313. The minimum Gasteiger partial charge on any atom is -0.305 e. The molecule has 4 nitrogen and oxygen atoms in total. The fourth-order valence-electron chi connectivity index (χ4n) is 2.99. The Morgan fingerprint density at radius 1 is 1.29 bits per heavy atom. The largest absolute Gasteiger partial charge is 0.305 e. The molecule has 142 valence electrons. The maximum Gasteiger partial charge on any atom is 0.269 e. The van der Waals surface area contributed by atoms with Crippen LogP contribution in [0.3, 0.4) is 0 Å². The van der Waals surface area contributed by atoms with Gasteiger partial charge in [-0.3, -0.25) is 4.79 Å². The van der Waals surface area contributed by atoms with Crippen LogP contribution < -0.4 is 4.90 Å². The Labute approximate surface area is 174 Å². The van der Waals surface area contributed by atoms with Gasteiger partial charge in [-0.2, -0.15) is 5.26 Å². The Balaban J connectivity index is 1.97. The summed E-state index contributed by atoms with van der Waals surface area (Å²) in [6.45, 7) is 5.96. The van der Waals surface area contributed by atoms with E-state index < -0.39 is 0 Å². The van der Waals surface area contributed by atoms with Crippen LogP contribution in [0.5, 0.6) is 0 Å². The summed E-state index contributed by atoms with van der Waals surface area (Å²) in [4.78, 5) is 19.2. The number of anilines is 1. The monoisotopic (exact) mass is 407 g/mol. The fraction of sp³-hybridized carbons (Fsp3) is 0.227. The van der Waals surface area contributed by atoms with Crippen LogP contribution in [0.1, 0.15) is 31.9 Å². The van der Waals surface area contributed by atoms with E-state index in [0.717, 1.165) is 27.9 Å². The molecule has 0 unspecified atom stereocenters. The number of aryl methyl sites for hydroxylation is 1. The van der Waals surface area contributed by atoms with Gasteiger partial charge in [-0.15, -0.1) is 24.0 Å². The molecule has 0 aliphatic carbocycles. The van der Waals surface area contributed by atoms with Crippen molar-refractivity contribution in [2.45, 2.75) is 37.6 Å². The average molecular weight is 408 g/mol. The lowest BCUT2D eigenvalue weighted by Gasteiger charge is -2.26. The first-order valence-electron chi connectivity index (χ1n) is 9.06. The van der Waals surface area contributed by atoms with Crippen LogP contribution in [-0.4, -0.2) is 16.9 Å². The van der Waals surface area contributed by atoms with E-state index in [1.165, 1.54) is 16.9 Å². The summed E-state index contributed by atoms with van der Waals surface area (Å²) in [5, 5.41) is 9.63. The van der Waals surface area contributed by atoms with Crippen LogP contribution in [-0.2, 0) is 11.2 Å². The molecule has 0 N–H and O–H groups in total. The Kier molecular flexibility index (Phi) is 6.18. The molecule has 0 saturated carbocycles. The molecular weight excluding hydrogens is 386 g/mol. The summed E-state index contributed by atoms with van der Waals surface area (Å²) in [5.41, 5.74) is 3.75. The number of thiol groups is 1. The SMILES string of the molecule is CCc1ccc(C=C(C#N)C(=O)N(c2ccc3nc(S)sc3c2)C(C)C)cc1. The van der Waals surface area contributed by atoms with Gasteiger partial charge in [-0.1, -0.05) is 31.2 Å². The lowest BCUT2D eigenvalue weighted by atomic mass is 10.1. The van der Waals surface area contributed by atoms with Crippen molar-refractivity contribution in [3.63, 3.8) is 0 Å². The predicted molar refractivity (Wildman–Crippen MR) is 119 cm³/mol. The van der Waals surface area contributed by atoms with E-state index in [0.29, 0.717) is 4.34 Å². The zero-order valence-electron chi connectivity index (χ0n) is 16.0. The molecule has 1 aromatic heterocycles. The van der Waals surface area contributed by atoms with Crippen LogP contribution in [0, 0.1) is 11.3 Å². The van der Waals surface area contributed by atoms with Crippen molar-refractivity contribution in [2.75, 3.05) is 4.90 Å². The number of fused-ring (bicyclic) bond motifs is 1. The number of nitriles is 1. The number of rotatable bonds is 5. The zero-order valence-corrected chi connectivity index (χ0v) is 17.7. The molecule has 0 radical (unpaired) electrons. The van der Waals surface area contributed by atoms with Gasteiger partial charge in [0.15, 0.2) is 0 Å². The van der Waals surface area contributed by atoms with Gasteiger partial charge in [-0.05, 0) is 55.7 Å². The molecule has 0 fully saturated rings. The minimum atomic E-state index is -0.313. The number of hydrogen-bond acceptors (Lipinski definition) is 5. The van der Waals surface area contributed by atoms with E-state index in [1.54, 1.807) is 11.0 Å². The molecule has 3 aromatic rings. The first-order chi connectivity index (χ1) is 13.4. The number of thiazole rings is 1. The van der Waals surface area contributed by atoms with Crippen molar-refractivity contribution >= 4 is 51.9 Å². The van der Waals surface area contributed by atoms with Crippen LogP contribution >= 0.6 is 24.0 Å². The Morgan fingerprint density at radius 2 is 2.00 bits per heavy atom. The number of carbonyl (C=O) groups excluding carboxylic acids is 1. The van der Waals surface area contributed by atoms with Crippen LogP contribution in [0.25, 0.3) is 16.3 Å². The first-order valence-corrected chi connectivity index (χ1v) is 10.3. The molecule has 0 aliphatic rings. The lowest BCUT2D eigenvalue weighted by Crippen LogP contribution is -2.37. The first kappa shape index (κ1) is 20.1. The molecule has 2 aromatic carbocycles. The van der Waals surface area contributed by atoms with Crippen LogP contribution in [0.4, 0.5) is 5.69 Å². The third-order valence-corrected chi connectivity index (χ3v) is 5.62. The van der Waals surface area contributed by atoms with E-state index in [4.69, 9.17) is 0 Å². The Bertz CT molecular complexity index is 1080. The van der Waals surface area contributed by atoms with Gasteiger partial charge >= 0.3 is 0 Å². The van der Waals surface area contributed by atoms with Gasteiger partial charge in [-0.25, -0.2) is 4.98 Å². The molecule has 1 heterocycles. The third kappa shape index (κ3) is 4.27. The summed E-state index contributed by atoms with van der Waals surface area (Å²) in [6, 6.07) is 15.5. The summed E-state index contributed by atoms with van der Waals surface area (Å²) >= 11 is 5.77. The van der Waals surface area contributed by atoms with E-state index in [9.17, 15) is 10.1 Å².